The number of aryl methyl sites for hydroxylation is 3. The van der Waals surface area contributed by atoms with E-state index in [0.29, 0.717) is 23.5 Å². The lowest BCUT2D eigenvalue weighted by atomic mass is 10.1. The van der Waals surface area contributed by atoms with Gasteiger partial charge in [-0.3, -0.25) is 9.10 Å². The largest absolute Gasteiger partial charge is 0.321 e. The second-order valence-corrected chi connectivity index (χ2v) is 11.4. The van der Waals surface area contributed by atoms with E-state index >= 15 is 0 Å². The predicted molar refractivity (Wildman–Crippen MR) is 142 cm³/mol. The minimum Gasteiger partial charge on any atom is -0.321 e. The van der Waals surface area contributed by atoms with E-state index in [1.807, 2.05) is 70.2 Å². The maximum atomic E-state index is 13.4. The number of benzene rings is 3. The standard InChI is InChI=1S/C27H28N2O3S2/c1-5-15-29(34(31,32)23-12-9-18(2)10-13-23)22-11-14-24-21(16-22)17-25(33-24)27(30)28-26-19(3)7-6-8-20(26)4/h6-14,16-17H,5,15H2,1-4H3,(H,28,30). The van der Waals surface area contributed by atoms with Crippen LogP contribution >= 0.6 is 11.3 Å². The number of amides is 1. The van der Waals surface area contributed by atoms with Crippen LogP contribution in [0, 0.1) is 20.8 Å². The Labute approximate surface area is 205 Å². The lowest BCUT2D eigenvalue weighted by Gasteiger charge is -2.24. The molecule has 0 bridgehead atoms. The van der Waals surface area contributed by atoms with Crippen LogP contribution in [0.5, 0.6) is 0 Å². The number of para-hydroxylation sites is 1. The van der Waals surface area contributed by atoms with Gasteiger partial charge in [0.15, 0.2) is 0 Å². The molecule has 1 heterocycles. The lowest BCUT2D eigenvalue weighted by Crippen LogP contribution is -2.31. The Balaban J connectivity index is 1.67. The summed E-state index contributed by atoms with van der Waals surface area (Å²) in [4.78, 5) is 13.8. The molecular weight excluding hydrogens is 464 g/mol. The van der Waals surface area contributed by atoms with Crippen molar-refractivity contribution in [2.45, 2.75) is 39.0 Å². The lowest BCUT2D eigenvalue weighted by molar-refractivity contribution is 0.103. The van der Waals surface area contributed by atoms with Crippen molar-refractivity contribution in [3.8, 4) is 0 Å². The first-order chi connectivity index (χ1) is 16.2. The fraction of sp³-hybridized carbons (Fsp3) is 0.222. The van der Waals surface area contributed by atoms with Gasteiger partial charge in [-0.25, -0.2) is 8.42 Å². The first-order valence-electron chi connectivity index (χ1n) is 11.2. The van der Waals surface area contributed by atoms with Gasteiger partial charge in [0.1, 0.15) is 0 Å². The zero-order valence-corrected chi connectivity index (χ0v) is 21.4. The molecule has 0 aliphatic rings. The van der Waals surface area contributed by atoms with E-state index in [-0.39, 0.29) is 10.8 Å². The van der Waals surface area contributed by atoms with Crippen LogP contribution in [0.2, 0.25) is 0 Å². The third kappa shape index (κ3) is 4.72. The van der Waals surface area contributed by atoms with Gasteiger partial charge in [-0.1, -0.05) is 42.8 Å². The van der Waals surface area contributed by atoms with Gasteiger partial charge in [-0.15, -0.1) is 11.3 Å². The van der Waals surface area contributed by atoms with E-state index in [0.717, 1.165) is 32.5 Å². The summed E-state index contributed by atoms with van der Waals surface area (Å²) in [7, 11) is -3.70. The molecule has 0 atom stereocenters. The first-order valence-corrected chi connectivity index (χ1v) is 13.5. The number of hydrogen-bond acceptors (Lipinski definition) is 4. The first kappa shape index (κ1) is 24.0. The summed E-state index contributed by atoms with van der Waals surface area (Å²) in [6.45, 7) is 8.19. The van der Waals surface area contributed by atoms with Crippen molar-refractivity contribution in [2.24, 2.45) is 0 Å². The van der Waals surface area contributed by atoms with E-state index in [9.17, 15) is 13.2 Å². The summed E-state index contributed by atoms with van der Waals surface area (Å²) >= 11 is 1.40. The molecule has 34 heavy (non-hydrogen) atoms. The Morgan fingerprint density at radius 2 is 1.62 bits per heavy atom. The van der Waals surface area contributed by atoms with Crippen molar-refractivity contribution in [2.75, 3.05) is 16.2 Å². The van der Waals surface area contributed by atoms with Gasteiger partial charge in [0.05, 0.1) is 15.5 Å². The van der Waals surface area contributed by atoms with E-state index in [2.05, 4.69) is 5.32 Å². The third-order valence-electron chi connectivity index (χ3n) is 5.77. The normalized spacial score (nSPS) is 11.5. The van der Waals surface area contributed by atoms with E-state index in [4.69, 9.17) is 0 Å². The average molecular weight is 493 g/mol. The van der Waals surface area contributed by atoms with Crippen LogP contribution in [0.15, 0.2) is 71.6 Å². The number of fused-ring (bicyclic) bond motifs is 1. The number of carbonyl (C=O) groups is 1. The Hall–Kier alpha value is -3.16. The molecule has 4 aromatic rings. The van der Waals surface area contributed by atoms with Gasteiger partial charge in [0.2, 0.25) is 0 Å². The van der Waals surface area contributed by atoms with Crippen molar-refractivity contribution in [3.05, 3.63) is 88.3 Å². The van der Waals surface area contributed by atoms with Crippen LogP contribution in [0.25, 0.3) is 10.1 Å². The zero-order valence-electron chi connectivity index (χ0n) is 19.8. The molecule has 0 aliphatic carbocycles. The zero-order chi connectivity index (χ0) is 24.5. The molecule has 0 spiro atoms. The molecule has 0 fully saturated rings. The molecule has 0 unspecified atom stereocenters. The number of thiophene rings is 1. The molecule has 1 N–H and O–H groups in total. The van der Waals surface area contributed by atoms with Crippen molar-refractivity contribution in [1.82, 2.24) is 0 Å². The van der Waals surface area contributed by atoms with Crippen LogP contribution in [-0.4, -0.2) is 20.9 Å². The maximum absolute atomic E-state index is 13.4. The summed E-state index contributed by atoms with van der Waals surface area (Å²) in [5.41, 5.74) is 4.44. The minimum absolute atomic E-state index is 0.169. The third-order valence-corrected chi connectivity index (χ3v) is 8.72. The fourth-order valence-corrected chi connectivity index (χ4v) is 6.40. The van der Waals surface area contributed by atoms with Crippen molar-refractivity contribution in [1.29, 1.82) is 0 Å². The van der Waals surface area contributed by atoms with Crippen LogP contribution in [-0.2, 0) is 10.0 Å². The molecule has 176 valence electrons. The van der Waals surface area contributed by atoms with Crippen LogP contribution in [0.3, 0.4) is 0 Å². The molecule has 7 heteroatoms. The summed E-state index contributed by atoms with van der Waals surface area (Å²) in [5, 5.41) is 3.87. The Kier molecular flexibility index (Phi) is 6.77. The number of anilines is 2. The maximum Gasteiger partial charge on any atom is 0.265 e. The van der Waals surface area contributed by atoms with Gasteiger partial charge < -0.3 is 5.32 Å². The number of carbonyl (C=O) groups excluding carboxylic acids is 1. The predicted octanol–water partition coefficient (Wildman–Crippen LogP) is 6.68. The van der Waals surface area contributed by atoms with Crippen molar-refractivity contribution >= 4 is 48.7 Å². The van der Waals surface area contributed by atoms with Gasteiger partial charge in [0, 0.05) is 16.9 Å². The quantitative estimate of drug-likeness (QED) is 0.313. The molecule has 1 aromatic heterocycles. The Morgan fingerprint density at radius 1 is 0.941 bits per heavy atom. The van der Waals surface area contributed by atoms with Crippen molar-refractivity contribution in [3.63, 3.8) is 0 Å². The van der Waals surface area contributed by atoms with E-state index in [1.165, 1.54) is 15.6 Å². The van der Waals surface area contributed by atoms with Crippen LogP contribution < -0.4 is 9.62 Å². The summed E-state index contributed by atoms with van der Waals surface area (Å²) < 4.78 is 29.2. The smallest absolute Gasteiger partial charge is 0.265 e. The highest BCUT2D eigenvalue weighted by atomic mass is 32.2. The number of sulfonamides is 1. The molecular formula is C27H28N2O3S2. The number of rotatable bonds is 7. The fourth-order valence-electron chi connectivity index (χ4n) is 3.91. The number of nitrogens with one attached hydrogen (secondary N) is 1. The molecule has 0 aliphatic heterocycles. The Morgan fingerprint density at radius 3 is 2.26 bits per heavy atom. The van der Waals surface area contributed by atoms with Gasteiger partial charge in [0.25, 0.3) is 15.9 Å². The second kappa shape index (κ2) is 9.60. The summed E-state index contributed by atoms with van der Waals surface area (Å²) in [5.74, 6) is -0.169. The average Bonchev–Trinajstić information content (AvgIpc) is 3.23. The SMILES string of the molecule is CCCN(c1ccc2sc(C(=O)Nc3c(C)cccc3C)cc2c1)S(=O)(=O)c1ccc(C)cc1. The van der Waals surface area contributed by atoms with E-state index < -0.39 is 10.0 Å². The van der Waals surface area contributed by atoms with E-state index in [1.54, 1.807) is 24.3 Å². The van der Waals surface area contributed by atoms with Gasteiger partial charge in [-0.2, -0.15) is 0 Å². The van der Waals surface area contributed by atoms with Gasteiger partial charge in [-0.05, 0) is 80.1 Å². The topological polar surface area (TPSA) is 66.5 Å². The highest BCUT2D eigenvalue weighted by Gasteiger charge is 2.25. The monoisotopic (exact) mass is 492 g/mol. The second-order valence-electron chi connectivity index (χ2n) is 8.44. The molecule has 0 radical (unpaired) electrons. The number of nitrogens with zero attached hydrogens (tertiary/aromatic N) is 1. The summed E-state index contributed by atoms with van der Waals surface area (Å²) in [6, 6.07) is 20.2. The van der Waals surface area contributed by atoms with Crippen LogP contribution in [0.4, 0.5) is 11.4 Å². The Bertz CT molecular complexity index is 1440. The molecule has 5 nitrogen and oxygen atoms in total. The minimum atomic E-state index is -3.70. The highest BCUT2D eigenvalue weighted by molar-refractivity contribution is 7.92. The highest BCUT2D eigenvalue weighted by Crippen LogP contribution is 2.33. The molecule has 3 aromatic carbocycles. The number of hydrogen-bond donors (Lipinski definition) is 1. The molecule has 1 amide bonds. The molecule has 0 saturated carbocycles. The molecule has 0 saturated heterocycles. The summed E-state index contributed by atoms with van der Waals surface area (Å²) in [6.07, 6.45) is 0.677. The van der Waals surface area contributed by atoms with Gasteiger partial charge >= 0.3 is 0 Å². The van der Waals surface area contributed by atoms with Crippen LogP contribution in [0.1, 0.15) is 39.7 Å². The van der Waals surface area contributed by atoms with Crippen molar-refractivity contribution < 1.29 is 13.2 Å². The molecule has 4 rings (SSSR count).